The molecule has 0 aliphatic carbocycles. The molecule has 0 radical (unpaired) electrons. The third-order valence-corrected chi connectivity index (χ3v) is 5.36. The highest BCUT2D eigenvalue weighted by atomic mass is 32.2. The van der Waals surface area contributed by atoms with Gasteiger partial charge in [-0.15, -0.1) is 0 Å². The van der Waals surface area contributed by atoms with Crippen LogP contribution in [0, 0.1) is 0 Å². The summed E-state index contributed by atoms with van der Waals surface area (Å²) in [6, 6.07) is 21.2. The lowest BCUT2D eigenvalue weighted by atomic mass is 10.2. The van der Waals surface area contributed by atoms with E-state index in [0.29, 0.717) is 29.1 Å². The van der Waals surface area contributed by atoms with Crippen molar-refractivity contribution < 1.29 is 4.42 Å². The van der Waals surface area contributed by atoms with Crippen LogP contribution in [0.5, 0.6) is 0 Å². The Balaban J connectivity index is 1.43. The zero-order chi connectivity index (χ0) is 21.0. The van der Waals surface area contributed by atoms with Gasteiger partial charge in [0.05, 0.1) is 17.5 Å². The molecule has 0 saturated heterocycles. The molecule has 3 heterocycles. The molecule has 0 unspecified atom stereocenters. The second-order valence-electron chi connectivity index (χ2n) is 6.56. The predicted molar refractivity (Wildman–Crippen MR) is 121 cm³/mol. The van der Waals surface area contributed by atoms with E-state index < -0.39 is 0 Å². The molecule has 9 heteroatoms. The van der Waals surface area contributed by atoms with E-state index in [1.807, 2.05) is 66.7 Å². The number of thioether (sulfide) groups is 1. The number of fused-ring (bicyclic) bond motifs is 1. The Hall–Kier alpha value is -3.98. The summed E-state index contributed by atoms with van der Waals surface area (Å²) in [4.78, 5) is 22.3. The van der Waals surface area contributed by atoms with Gasteiger partial charge >= 0.3 is 0 Å². The van der Waals surface area contributed by atoms with Crippen molar-refractivity contribution >= 4 is 40.2 Å². The van der Waals surface area contributed by atoms with Gasteiger partial charge in [0.15, 0.2) is 11.6 Å². The van der Waals surface area contributed by atoms with E-state index in [1.165, 1.54) is 11.8 Å². The number of hydrogen-bond acceptors (Lipinski definition) is 9. The fraction of sp³-hybridized carbons (Fsp3) is 0.0455. The largest absolute Gasteiger partial charge is 0.461 e. The molecule has 5 rings (SSSR count). The van der Waals surface area contributed by atoms with Crippen LogP contribution in [0.2, 0.25) is 0 Å². The van der Waals surface area contributed by atoms with Gasteiger partial charge in [-0.05, 0) is 30.3 Å². The van der Waals surface area contributed by atoms with Gasteiger partial charge < -0.3 is 15.5 Å². The zero-order valence-electron chi connectivity index (χ0n) is 16.3. The number of furan rings is 1. The van der Waals surface area contributed by atoms with Crippen molar-refractivity contribution in [3.8, 4) is 11.6 Å². The van der Waals surface area contributed by atoms with Gasteiger partial charge in [-0.2, -0.15) is 15.0 Å². The zero-order valence-corrected chi connectivity index (χ0v) is 17.1. The molecule has 0 atom stereocenters. The summed E-state index contributed by atoms with van der Waals surface area (Å²) in [5.74, 6) is 2.73. The van der Waals surface area contributed by atoms with Crippen molar-refractivity contribution in [3.63, 3.8) is 0 Å². The Morgan fingerprint density at radius 1 is 0.839 bits per heavy atom. The number of rotatable bonds is 6. The van der Waals surface area contributed by atoms with Gasteiger partial charge in [0.1, 0.15) is 10.9 Å². The van der Waals surface area contributed by atoms with E-state index >= 15 is 0 Å². The molecule has 0 bridgehead atoms. The SMILES string of the molecule is Nc1nc(CSc2nc(-c3ccco3)nc3ccccc23)nc(Nc2ccccc2)n1. The monoisotopic (exact) mass is 427 g/mol. The smallest absolute Gasteiger partial charge is 0.232 e. The minimum Gasteiger partial charge on any atom is -0.461 e. The molecule has 0 aliphatic rings. The number of nitrogen functional groups attached to an aromatic ring is 1. The van der Waals surface area contributed by atoms with E-state index in [9.17, 15) is 0 Å². The molecule has 3 aromatic heterocycles. The third kappa shape index (κ3) is 4.31. The lowest BCUT2D eigenvalue weighted by Gasteiger charge is -2.09. The molecule has 5 aromatic rings. The molecule has 0 amide bonds. The first-order chi connectivity index (χ1) is 15.2. The van der Waals surface area contributed by atoms with Crippen molar-refractivity contribution in [1.29, 1.82) is 0 Å². The number of nitrogens with one attached hydrogen (secondary N) is 1. The highest BCUT2D eigenvalue weighted by molar-refractivity contribution is 7.98. The second kappa shape index (κ2) is 8.41. The van der Waals surface area contributed by atoms with E-state index in [1.54, 1.807) is 6.26 Å². The molecule has 0 aliphatic heterocycles. The molecule has 2 aromatic carbocycles. The van der Waals surface area contributed by atoms with Crippen LogP contribution in [0.25, 0.3) is 22.5 Å². The maximum Gasteiger partial charge on any atom is 0.232 e. The van der Waals surface area contributed by atoms with Crippen LogP contribution >= 0.6 is 11.8 Å². The number of hydrogen-bond donors (Lipinski definition) is 2. The molecule has 0 fully saturated rings. The van der Waals surface area contributed by atoms with Crippen molar-refractivity contribution in [2.75, 3.05) is 11.1 Å². The average Bonchev–Trinajstić information content (AvgIpc) is 3.33. The first kappa shape index (κ1) is 19.0. The predicted octanol–water partition coefficient (Wildman–Crippen LogP) is 4.69. The maximum atomic E-state index is 5.91. The molecular formula is C22H17N7OS. The van der Waals surface area contributed by atoms with E-state index in [4.69, 9.17) is 15.1 Å². The van der Waals surface area contributed by atoms with Crippen LogP contribution in [-0.4, -0.2) is 24.9 Å². The Morgan fingerprint density at radius 2 is 1.68 bits per heavy atom. The van der Waals surface area contributed by atoms with Crippen LogP contribution in [-0.2, 0) is 5.75 Å². The summed E-state index contributed by atoms with van der Waals surface area (Å²) < 4.78 is 5.48. The Labute approximate surface area is 182 Å². The molecule has 31 heavy (non-hydrogen) atoms. The maximum absolute atomic E-state index is 5.91. The van der Waals surface area contributed by atoms with Crippen LogP contribution in [0.3, 0.4) is 0 Å². The van der Waals surface area contributed by atoms with Gasteiger partial charge in [0.2, 0.25) is 11.9 Å². The summed E-state index contributed by atoms with van der Waals surface area (Å²) in [5.41, 5.74) is 7.62. The second-order valence-corrected chi connectivity index (χ2v) is 7.52. The summed E-state index contributed by atoms with van der Waals surface area (Å²) in [6.45, 7) is 0. The first-order valence-corrected chi connectivity index (χ1v) is 10.5. The molecule has 152 valence electrons. The minimum atomic E-state index is 0.160. The normalized spacial score (nSPS) is 11.0. The quantitative estimate of drug-likeness (QED) is 0.294. The Bertz CT molecular complexity index is 1330. The molecule has 0 saturated carbocycles. The lowest BCUT2D eigenvalue weighted by Crippen LogP contribution is -2.06. The number of anilines is 3. The molecule has 3 N–H and O–H groups in total. The standard InChI is InChI=1S/C22H17N7OS/c23-21-26-18(27-22(29-21)24-14-7-2-1-3-8-14)13-31-20-15-9-4-5-10-16(15)25-19(28-20)17-11-6-12-30-17/h1-12H,13H2,(H3,23,24,26,27,29). The number of nitrogens with two attached hydrogens (primary N) is 1. The third-order valence-electron chi connectivity index (χ3n) is 4.38. The molecule has 8 nitrogen and oxygen atoms in total. The summed E-state index contributed by atoms with van der Waals surface area (Å²) in [5, 5.41) is 4.92. The number of para-hydroxylation sites is 2. The summed E-state index contributed by atoms with van der Waals surface area (Å²) in [6.07, 6.45) is 1.61. The highest BCUT2D eigenvalue weighted by Crippen LogP contribution is 2.30. The summed E-state index contributed by atoms with van der Waals surface area (Å²) >= 11 is 1.51. The lowest BCUT2D eigenvalue weighted by molar-refractivity contribution is 0.577. The van der Waals surface area contributed by atoms with Crippen molar-refractivity contribution in [2.24, 2.45) is 0 Å². The number of nitrogens with zero attached hydrogens (tertiary/aromatic N) is 5. The van der Waals surface area contributed by atoms with Crippen LogP contribution in [0.1, 0.15) is 5.82 Å². The van der Waals surface area contributed by atoms with Gasteiger partial charge in [0, 0.05) is 11.1 Å². The summed E-state index contributed by atoms with van der Waals surface area (Å²) in [7, 11) is 0. The van der Waals surface area contributed by atoms with Crippen LogP contribution in [0.15, 0.2) is 82.4 Å². The molecular weight excluding hydrogens is 410 g/mol. The van der Waals surface area contributed by atoms with Crippen molar-refractivity contribution in [2.45, 2.75) is 10.8 Å². The fourth-order valence-electron chi connectivity index (χ4n) is 3.02. The highest BCUT2D eigenvalue weighted by Gasteiger charge is 2.13. The Morgan fingerprint density at radius 3 is 2.52 bits per heavy atom. The van der Waals surface area contributed by atoms with Crippen molar-refractivity contribution in [3.05, 3.63) is 78.8 Å². The topological polar surface area (TPSA) is 116 Å². The van der Waals surface area contributed by atoms with Crippen LogP contribution in [0.4, 0.5) is 17.6 Å². The first-order valence-electron chi connectivity index (χ1n) is 9.50. The van der Waals surface area contributed by atoms with Gasteiger partial charge in [-0.25, -0.2) is 9.97 Å². The Kier molecular flexibility index (Phi) is 5.16. The van der Waals surface area contributed by atoms with Gasteiger partial charge in [0.25, 0.3) is 0 Å². The van der Waals surface area contributed by atoms with E-state index in [2.05, 4.69) is 25.3 Å². The molecule has 0 spiro atoms. The number of benzene rings is 2. The van der Waals surface area contributed by atoms with E-state index in [-0.39, 0.29) is 5.95 Å². The van der Waals surface area contributed by atoms with E-state index in [0.717, 1.165) is 21.6 Å². The number of aromatic nitrogens is 5. The minimum absolute atomic E-state index is 0.160. The van der Waals surface area contributed by atoms with Gasteiger partial charge in [-0.1, -0.05) is 48.2 Å². The van der Waals surface area contributed by atoms with Gasteiger partial charge in [-0.3, -0.25) is 0 Å². The van der Waals surface area contributed by atoms with Crippen molar-refractivity contribution in [1.82, 2.24) is 24.9 Å². The average molecular weight is 427 g/mol. The van der Waals surface area contributed by atoms with Crippen LogP contribution < -0.4 is 11.1 Å². The fourth-order valence-corrected chi connectivity index (χ4v) is 3.89.